The van der Waals surface area contributed by atoms with Crippen LogP contribution in [0.4, 0.5) is 0 Å². The summed E-state index contributed by atoms with van der Waals surface area (Å²) in [7, 11) is 1.72. The van der Waals surface area contributed by atoms with E-state index in [2.05, 4.69) is 6.58 Å². The van der Waals surface area contributed by atoms with Gasteiger partial charge in [-0.1, -0.05) is 6.08 Å². The summed E-state index contributed by atoms with van der Waals surface area (Å²) in [5.41, 5.74) is 1.47. The van der Waals surface area contributed by atoms with Crippen LogP contribution in [0.25, 0.3) is 0 Å². The van der Waals surface area contributed by atoms with Gasteiger partial charge in [-0.2, -0.15) is 0 Å². The molecule has 0 heterocycles. The van der Waals surface area contributed by atoms with E-state index in [1.54, 1.807) is 7.11 Å². The van der Waals surface area contributed by atoms with Crippen LogP contribution >= 0.6 is 0 Å². The second-order valence-corrected chi connectivity index (χ2v) is 3.04. The molecular weight excluding hydrogens is 136 g/mol. The van der Waals surface area contributed by atoms with Gasteiger partial charge in [-0.3, -0.25) is 0 Å². The minimum absolute atomic E-state index is 0.715. The van der Waals surface area contributed by atoms with Gasteiger partial charge in [-0.05, 0) is 37.2 Å². The van der Waals surface area contributed by atoms with Crippen LogP contribution in [0, 0.1) is 5.92 Å². The monoisotopic (exact) mass is 152 g/mol. The van der Waals surface area contributed by atoms with Crippen molar-refractivity contribution in [3.05, 3.63) is 24.5 Å². The first-order valence-electron chi connectivity index (χ1n) is 4.21. The van der Waals surface area contributed by atoms with Crippen molar-refractivity contribution in [2.45, 2.75) is 25.7 Å². The Balaban J connectivity index is 2.50. The van der Waals surface area contributed by atoms with Gasteiger partial charge in [0.25, 0.3) is 0 Å². The van der Waals surface area contributed by atoms with Gasteiger partial charge in [-0.25, -0.2) is 0 Å². The topological polar surface area (TPSA) is 9.23 Å². The lowest BCUT2D eigenvalue weighted by molar-refractivity contribution is 0.329. The quantitative estimate of drug-likeness (QED) is 0.446. The molecule has 1 atom stereocenters. The highest BCUT2D eigenvalue weighted by molar-refractivity contribution is 5.09. The van der Waals surface area contributed by atoms with Crippen LogP contribution in [0.3, 0.4) is 0 Å². The lowest BCUT2D eigenvalue weighted by atomic mass is 10.0. The molecule has 62 valence electrons. The molecule has 0 N–H and O–H groups in total. The van der Waals surface area contributed by atoms with E-state index in [-0.39, 0.29) is 0 Å². The maximum absolute atomic E-state index is 5.01. The average molecular weight is 152 g/mol. The summed E-state index contributed by atoms with van der Waals surface area (Å²) in [6, 6.07) is 0. The van der Waals surface area contributed by atoms with Gasteiger partial charge < -0.3 is 4.74 Å². The van der Waals surface area contributed by atoms with E-state index in [1.807, 2.05) is 12.3 Å². The third kappa shape index (κ3) is 2.11. The Bertz CT molecular complexity index is 158. The molecule has 11 heavy (non-hydrogen) atoms. The molecular formula is C10H16O. The summed E-state index contributed by atoms with van der Waals surface area (Å²) in [5.74, 6) is 0.715. The fourth-order valence-electron chi connectivity index (χ4n) is 1.72. The number of methoxy groups -OCH3 is 1. The Labute approximate surface area is 68.8 Å². The fourth-order valence-corrected chi connectivity index (χ4v) is 1.72. The Morgan fingerprint density at radius 3 is 3.18 bits per heavy atom. The summed E-state index contributed by atoms with van der Waals surface area (Å²) in [6.45, 7) is 3.75. The molecule has 0 spiro atoms. The predicted molar refractivity (Wildman–Crippen MR) is 47.2 cm³/mol. The number of ether oxygens (including phenoxy) is 1. The lowest BCUT2D eigenvalue weighted by Gasteiger charge is -2.07. The van der Waals surface area contributed by atoms with Gasteiger partial charge in [0, 0.05) is 0 Å². The Morgan fingerprint density at radius 2 is 2.55 bits per heavy atom. The minimum atomic E-state index is 0.715. The maximum Gasteiger partial charge on any atom is 0.0819 e. The van der Waals surface area contributed by atoms with E-state index in [0.717, 1.165) is 6.42 Å². The van der Waals surface area contributed by atoms with Crippen molar-refractivity contribution in [2.24, 2.45) is 5.92 Å². The van der Waals surface area contributed by atoms with E-state index in [9.17, 15) is 0 Å². The van der Waals surface area contributed by atoms with Crippen molar-refractivity contribution in [3.63, 3.8) is 0 Å². The first-order valence-corrected chi connectivity index (χ1v) is 4.21. The van der Waals surface area contributed by atoms with E-state index >= 15 is 0 Å². The van der Waals surface area contributed by atoms with Crippen LogP contribution in [-0.2, 0) is 4.74 Å². The van der Waals surface area contributed by atoms with Crippen molar-refractivity contribution in [1.82, 2.24) is 0 Å². The Hall–Kier alpha value is -0.720. The van der Waals surface area contributed by atoms with E-state index in [1.165, 1.54) is 24.8 Å². The smallest absolute Gasteiger partial charge is 0.0819 e. The molecule has 1 nitrogen and oxygen atoms in total. The van der Waals surface area contributed by atoms with Crippen LogP contribution in [0.5, 0.6) is 0 Å². The molecule has 1 aliphatic carbocycles. The molecule has 0 aromatic rings. The molecule has 1 heteroatoms. The van der Waals surface area contributed by atoms with E-state index in [4.69, 9.17) is 4.74 Å². The van der Waals surface area contributed by atoms with Crippen molar-refractivity contribution in [2.75, 3.05) is 7.11 Å². The molecule has 0 aliphatic heterocycles. The van der Waals surface area contributed by atoms with Crippen LogP contribution in [0.15, 0.2) is 24.5 Å². The minimum Gasteiger partial charge on any atom is -0.504 e. The SMILES string of the molecule is C=CCC1CCC/C1=C\OC. The van der Waals surface area contributed by atoms with Crippen molar-refractivity contribution in [3.8, 4) is 0 Å². The fraction of sp³-hybridized carbons (Fsp3) is 0.600. The molecule has 0 aromatic carbocycles. The number of allylic oxidation sites excluding steroid dienone is 2. The number of hydrogen-bond donors (Lipinski definition) is 0. The van der Waals surface area contributed by atoms with Crippen molar-refractivity contribution >= 4 is 0 Å². The predicted octanol–water partition coefficient (Wildman–Crippen LogP) is 2.89. The number of hydrogen-bond acceptors (Lipinski definition) is 1. The standard InChI is InChI=1S/C10H16O/c1-3-5-9-6-4-7-10(9)8-11-2/h3,8-9H,1,4-7H2,2H3/b10-8+. The molecule has 1 aliphatic rings. The molecule has 0 aromatic heterocycles. The molecule has 1 fully saturated rings. The summed E-state index contributed by atoms with van der Waals surface area (Å²) in [4.78, 5) is 0. The third-order valence-corrected chi connectivity index (χ3v) is 2.26. The third-order valence-electron chi connectivity index (χ3n) is 2.26. The molecule has 1 unspecified atom stereocenters. The van der Waals surface area contributed by atoms with Gasteiger partial charge >= 0.3 is 0 Å². The summed E-state index contributed by atoms with van der Waals surface area (Å²) in [5, 5.41) is 0. The lowest BCUT2D eigenvalue weighted by Crippen LogP contribution is -1.94. The van der Waals surface area contributed by atoms with Gasteiger partial charge in [-0.15, -0.1) is 6.58 Å². The highest BCUT2D eigenvalue weighted by Gasteiger charge is 2.19. The van der Waals surface area contributed by atoms with Gasteiger partial charge in [0.15, 0.2) is 0 Å². The van der Waals surface area contributed by atoms with Crippen LogP contribution in [0.1, 0.15) is 25.7 Å². The second-order valence-electron chi connectivity index (χ2n) is 3.04. The van der Waals surface area contributed by atoms with Crippen LogP contribution < -0.4 is 0 Å². The van der Waals surface area contributed by atoms with E-state index in [0.29, 0.717) is 5.92 Å². The Kier molecular flexibility index (Phi) is 3.21. The highest BCUT2D eigenvalue weighted by Crippen LogP contribution is 2.33. The van der Waals surface area contributed by atoms with E-state index < -0.39 is 0 Å². The molecule has 1 rings (SSSR count). The molecule has 0 amide bonds. The summed E-state index contributed by atoms with van der Waals surface area (Å²) in [6.07, 6.45) is 8.84. The normalized spacial score (nSPS) is 27.4. The zero-order valence-electron chi connectivity index (χ0n) is 7.18. The first kappa shape index (κ1) is 8.38. The van der Waals surface area contributed by atoms with Crippen molar-refractivity contribution < 1.29 is 4.74 Å². The Morgan fingerprint density at radius 1 is 1.73 bits per heavy atom. The second kappa shape index (κ2) is 4.22. The maximum atomic E-state index is 5.01. The van der Waals surface area contributed by atoms with Crippen LogP contribution in [-0.4, -0.2) is 7.11 Å². The average Bonchev–Trinajstić information content (AvgIpc) is 2.39. The van der Waals surface area contributed by atoms with Crippen LogP contribution in [0.2, 0.25) is 0 Å². The molecule has 0 saturated heterocycles. The largest absolute Gasteiger partial charge is 0.504 e. The molecule has 0 bridgehead atoms. The zero-order chi connectivity index (χ0) is 8.10. The number of rotatable bonds is 3. The first-order chi connectivity index (χ1) is 5.38. The van der Waals surface area contributed by atoms with Crippen molar-refractivity contribution in [1.29, 1.82) is 0 Å². The summed E-state index contributed by atoms with van der Waals surface area (Å²) < 4.78 is 5.01. The highest BCUT2D eigenvalue weighted by atomic mass is 16.5. The van der Waals surface area contributed by atoms with Gasteiger partial charge in [0.05, 0.1) is 13.4 Å². The van der Waals surface area contributed by atoms with Gasteiger partial charge in [0.1, 0.15) is 0 Å². The molecule has 1 saturated carbocycles. The van der Waals surface area contributed by atoms with Gasteiger partial charge in [0.2, 0.25) is 0 Å². The molecule has 0 radical (unpaired) electrons. The zero-order valence-corrected chi connectivity index (χ0v) is 7.18. The summed E-state index contributed by atoms with van der Waals surface area (Å²) >= 11 is 0.